The van der Waals surface area contributed by atoms with E-state index in [-0.39, 0.29) is 17.3 Å². The highest BCUT2D eigenvalue weighted by atomic mass is 16.5. The van der Waals surface area contributed by atoms with Gasteiger partial charge in [-0.3, -0.25) is 4.79 Å². The van der Waals surface area contributed by atoms with Crippen molar-refractivity contribution in [3.63, 3.8) is 0 Å². The molecule has 5 atom stereocenters. The molecule has 1 aliphatic heterocycles. The Morgan fingerprint density at radius 2 is 1.75 bits per heavy atom. The Bertz CT molecular complexity index is 899. The fourth-order valence-electron chi connectivity index (χ4n) is 7.85. The molecule has 0 radical (unpaired) electrons. The predicted molar refractivity (Wildman–Crippen MR) is 130 cm³/mol. The molecule has 0 N–H and O–H groups in total. The van der Waals surface area contributed by atoms with Crippen molar-refractivity contribution in [3.8, 4) is 0 Å². The second kappa shape index (κ2) is 7.50. The molecule has 1 heterocycles. The van der Waals surface area contributed by atoms with Crippen LogP contribution in [-0.4, -0.2) is 18.5 Å². The molecule has 178 valence electrons. The van der Waals surface area contributed by atoms with Gasteiger partial charge < -0.3 is 9.47 Å². The third-order valence-corrected chi connectivity index (χ3v) is 9.60. The molecule has 0 spiro atoms. The average Bonchev–Trinajstić information content (AvgIpc) is 2.72. The van der Waals surface area contributed by atoms with Gasteiger partial charge in [0, 0.05) is 23.0 Å². The molecular formula is C29H44O3. The minimum absolute atomic E-state index is 0.122. The molecule has 3 nitrogen and oxygen atoms in total. The van der Waals surface area contributed by atoms with Gasteiger partial charge >= 0.3 is 0 Å². The number of hydrogen-bond acceptors (Lipinski definition) is 3. The van der Waals surface area contributed by atoms with Crippen LogP contribution < -0.4 is 0 Å². The van der Waals surface area contributed by atoms with E-state index in [0.717, 1.165) is 48.3 Å². The first kappa shape index (κ1) is 23.6. The lowest BCUT2D eigenvalue weighted by atomic mass is 9.52. The van der Waals surface area contributed by atoms with Crippen LogP contribution in [0.1, 0.15) is 87.5 Å². The molecule has 0 bridgehead atoms. The van der Waals surface area contributed by atoms with Crippen molar-refractivity contribution < 1.29 is 14.3 Å². The van der Waals surface area contributed by atoms with Crippen LogP contribution in [0, 0.1) is 40.4 Å². The van der Waals surface area contributed by atoms with E-state index in [1.54, 1.807) is 7.11 Å². The first-order valence-corrected chi connectivity index (χ1v) is 12.7. The summed E-state index contributed by atoms with van der Waals surface area (Å²) < 4.78 is 12.8. The molecular weight excluding hydrogens is 396 g/mol. The Hall–Kier alpha value is -1.51. The molecule has 2 fully saturated rings. The Morgan fingerprint density at radius 1 is 1.09 bits per heavy atom. The molecule has 32 heavy (non-hydrogen) atoms. The largest absolute Gasteiger partial charge is 0.500 e. The summed E-state index contributed by atoms with van der Waals surface area (Å²) in [5, 5.41) is 0. The van der Waals surface area contributed by atoms with Gasteiger partial charge in [0.05, 0.1) is 12.5 Å². The molecule has 0 aromatic carbocycles. The minimum atomic E-state index is -0.441. The average molecular weight is 441 g/mol. The topological polar surface area (TPSA) is 35.5 Å². The van der Waals surface area contributed by atoms with Crippen molar-refractivity contribution >= 4 is 5.78 Å². The number of carbonyl (C=O) groups excluding carboxylic acids is 1. The number of Topliss-reactive ketones (excluding diaryl/α,β-unsaturated/α-hetero) is 1. The van der Waals surface area contributed by atoms with Crippen LogP contribution in [0.25, 0.3) is 0 Å². The monoisotopic (exact) mass is 440 g/mol. The van der Waals surface area contributed by atoms with Gasteiger partial charge in [-0.25, -0.2) is 0 Å². The van der Waals surface area contributed by atoms with Gasteiger partial charge in [0.15, 0.2) is 5.78 Å². The van der Waals surface area contributed by atoms with Crippen molar-refractivity contribution in [2.24, 2.45) is 40.4 Å². The third kappa shape index (κ3) is 3.24. The Kier molecular flexibility index (Phi) is 5.54. The lowest BCUT2D eigenvalue weighted by Gasteiger charge is -2.55. The van der Waals surface area contributed by atoms with Crippen LogP contribution in [0.2, 0.25) is 0 Å². The Balaban J connectivity index is 1.82. The summed E-state index contributed by atoms with van der Waals surface area (Å²) >= 11 is 0. The number of allylic oxidation sites excluding steroid dienone is 3. The van der Waals surface area contributed by atoms with Gasteiger partial charge in [-0.1, -0.05) is 39.8 Å². The lowest BCUT2D eigenvalue weighted by molar-refractivity contribution is -0.129. The third-order valence-electron chi connectivity index (χ3n) is 9.60. The second-order valence-corrected chi connectivity index (χ2v) is 12.8. The van der Waals surface area contributed by atoms with Gasteiger partial charge in [-0.2, -0.15) is 0 Å². The first-order valence-electron chi connectivity index (χ1n) is 12.7. The molecule has 0 saturated heterocycles. The Labute approximate surface area is 195 Å². The molecule has 0 unspecified atom stereocenters. The molecule has 0 amide bonds. The van der Waals surface area contributed by atoms with Crippen LogP contribution in [-0.2, 0) is 14.3 Å². The zero-order valence-corrected chi connectivity index (χ0v) is 21.9. The van der Waals surface area contributed by atoms with E-state index in [1.165, 1.54) is 12.0 Å². The number of rotatable bonds is 2. The molecule has 0 aromatic heterocycles. The fourth-order valence-corrected chi connectivity index (χ4v) is 7.85. The molecule has 2 saturated carbocycles. The maximum absolute atomic E-state index is 13.7. The summed E-state index contributed by atoms with van der Waals surface area (Å²) in [5.41, 5.74) is 2.73. The maximum atomic E-state index is 13.7. The standard InChI is InChI=1S/C29H44O3/c1-16(2)22-21-12-11-17(3)19-15-27(5,6)20(19)13-14-29(21,9)32-26-23(22)24(30)18(4)25(31-10)28(26,7)8/h16,19-22H,3,11-15H2,1-2,4-10H3/t19-,20-,21+,22+,29-/m1/s1. The van der Waals surface area contributed by atoms with E-state index in [4.69, 9.17) is 9.47 Å². The normalized spacial score (nSPS) is 38.6. The summed E-state index contributed by atoms with van der Waals surface area (Å²) in [6, 6.07) is 0. The van der Waals surface area contributed by atoms with E-state index in [2.05, 4.69) is 55.0 Å². The summed E-state index contributed by atoms with van der Waals surface area (Å²) in [5.74, 6) is 3.95. The molecule has 4 rings (SSSR count). The quantitative estimate of drug-likeness (QED) is 0.425. The van der Waals surface area contributed by atoms with Gasteiger partial charge in [-0.05, 0) is 83.0 Å². The fraction of sp³-hybridized carbons (Fsp3) is 0.759. The summed E-state index contributed by atoms with van der Waals surface area (Å²) in [6.07, 6.45) is 5.55. The second-order valence-electron chi connectivity index (χ2n) is 12.8. The Morgan fingerprint density at radius 3 is 2.31 bits per heavy atom. The highest BCUT2D eigenvalue weighted by molar-refractivity contribution is 6.10. The number of methoxy groups -OCH3 is 1. The van der Waals surface area contributed by atoms with Crippen LogP contribution >= 0.6 is 0 Å². The zero-order chi connectivity index (χ0) is 23.8. The van der Waals surface area contributed by atoms with Crippen molar-refractivity contribution in [3.05, 3.63) is 34.8 Å². The molecule has 0 aromatic rings. The number of fused-ring (bicyclic) bond motifs is 2. The van der Waals surface area contributed by atoms with E-state index in [0.29, 0.717) is 29.1 Å². The van der Waals surface area contributed by atoms with E-state index in [1.807, 2.05) is 6.92 Å². The van der Waals surface area contributed by atoms with Gasteiger partial charge in [0.2, 0.25) is 0 Å². The lowest BCUT2D eigenvalue weighted by Crippen LogP contribution is -2.52. The van der Waals surface area contributed by atoms with Crippen molar-refractivity contribution in [1.82, 2.24) is 0 Å². The highest BCUT2D eigenvalue weighted by Crippen LogP contribution is 2.61. The highest BCUT2D eigenvalue weighted by Gasteiger charge is 2.57. The van der Waals surface area contributed by atoms with Crippen molar-refractivity contribution in [1.29, 1.82) is 0 Å². The molecule has 3 aliphatic carbocycles. The summed E-state index contributed by atoms with van der Waals surface area (Å²) in [6.45, 7) is 22.5. The number of ketones is 1. The van der Waals surface area contributed by atoms with E-state index >= 15 is 0 Å². The van der Waals surface area contributed by atoms with Crippen LogP contribution in [0.5, 0.6) is 0 Å². The smallest absolute Gasteiger partial charge is 0.191 e. The predicted octanol–water partition coefficient (Wildman–Crippen LogP) is 7.24. The molecule has 4 aliphatic rings. The van der Waals surface area contributed by atoms with Gasteiger partial charge in [0.25, 0.3) is 0 Å². The van der Waals surface area contributed by atoms with E-state index < -0.39 is 5.41 Å². The van der Waals surface area contributed by atoms with Gasteiger partial charge in [0.1, 0.15) is 17.1 Å². The number of carbonyl (C=O) groups is 1. The number of ether oxygens (including phenoxy) is 2. The van der Waals surface area contributed by atoms with Crippen LogP contribution in [0.3, 0.4) is 0 Å². The molecule has 3 heteroatoms. The van der Waals surface area contributed by atoms with Crippen LogP contribution in [0.4, 0.5) is 0 Å². The zero-order valence-electron chi connectivity index (χ0n) is 21.9. The van der Waals surface area contributed by atoms with Crippen molar-refractivity contribution in [2.45, 2.75) is 93.1 Å². The first-order chi connectivity index (χ1) is 14.8. The summed E-state index contributed by atoms with van der Waals surface area (Å²) in [7, 11) is 1.68. The minimum Gasteiger partial charge on any atom is -0.500 e. The van der Waals surface area contributed by atoms with Gasteiger partial charge in [-0.15, -0.1) is 0 Å². The number of hydrogen-bond donors (Lipinski definition) is 0. The van der Waals surface area contributed by atoms with Crippen LogP contribution in [0.15, 0.2) is 34.8 Å². The SMILES string of the molecule is C=C1CC[C@H]2[C@H](C(C)C)C3=C(O[C@]2(C)CC[C@@H]2[C@@H]1CC2(C)C)C(C)(C)C(OC)=C(C)C3=O. The summed E-state index contributed by atoms with van der Waals surface area (Å²) in [4.78, 5) is 13.7. The van der Waals surface area contributed by atoms with Crippen molar-refractivity contribution in [2.75, 3.05) is 7.11 Å². The maximum Gasteiger partial charge on any atom is 0.191 e. The van der Waals surface area contributed by atoms with E-state index in [9.17, 15) is 4.79 Å².